The van der Waals surface area contributed by atoms with E-state index in [9.17, 15) is 18.0 Å². The molecular weight excluding hydrogens is 444 g/mol. The molecule has 8 nitrogen and oxygen atoms in total. The van der Waals surface area contributed by atoms with Gasteiger partial charge in [0.05, 0.1) is 12.0 Å². The van der Waals surface area contributed by atoms with E-state index in [1.807, 2.05) is 30.3 Å². The minimum atomic E-state index is -3.76. The lowest BCUT2D eigenvalue weighted by Gasteiger charge is -2.21. The predicted molar refractivity (Wildman–Crippen MR) is 123 cm³/mol. The molecule has 1 heterocycles. The quantitative estimate of drug-likeness (QED) is 0.590. The van der Waals surface area contributed by atoms with Crippen LogP contribution in [0, 0.1) is 0 Å². The van der Waals surface area contributed by atoms with E-state index in [4.69, 9.17) is 9.47 Å². The van der Waals surface area contributed by atoms with Gasteiger partial charge in [0.1, 0.15) is 11.3 Å². The number of sulfonamides is 1. The first kappa shape index (κ1) is 24.7. The molecule has 178 valence electrons. The van der Waals surface area contributed by atoms with E-state index < -0.39 is 28.0 Å². The molecule has 1 saturated heterocycles. The summed E-state index contributed by atoms with van der Waals surface area (Å²) in [7, 11) is -2.38. The van der Waals surface area contributed by atoms with Crippen molar-refractivity contribution in [3.8, 4) is 5.75 Å². The monoisotopic (exact) mass is 474 g/mol. The van der Waals surface area contributed by atoms with Crippen molar-refractivity contribution in [3.05, 3.63) is 59.7 Å². The van der Waals surface area contributed by atoms with Crippen molar-refractivity contribution in [3.63, 3.8) is 0 Å². The molecule has 0 aromatic heterocycles. The summed E-state index contributed by atoms with van der Waals surface area (Å²) in [5.74, 6) is -1.12. The normalized spacial score (nSPS) is 15.8. The SMILES string of the molecule is COc1ccc(S(=O)(=O)N2CCCCCC2)cc1C(=O)O[C@@H](C)C(=O)NCc1ccccc1. The fourth-order valence-electron chi connectivity index (χ4n) is 3.64. The van der Waals surface area contributed by atoms with Gasteiger partial charge in [-0.25, -0.2) is 13.2 Å². The number of hydrogen-bond acceptors (Lipinski definition) is 6. The largest absolute Gasteiger partial charge is 0.496 e. The van der Waals surface area contributed by atoms with Crippen LogP contribution in [0.15, 0.2) is 53.4 Å². The number of amides is 1. The Labute approximate surface area is 194 Å². The lowest BCUT2D eigenvalue weighted by atomic mass is 10.2. The molecule has 33 heavy (non-hydrogen) atoms. The number of hydrogen-bond donors (Lipinski definition) is 1. The number of rotatable bonds is 8. The van der Waals surface area contributed by atoms with Crippen LogP contribution >= 0.6 is 0 Å². The summed E-state index contributed by atoms with van der Waals surface area (Å²) in [6, 6.07) is 13.5. The van der Waals surface area contributed by atoms with Crippen LogP contribution in [0.3, 0.4) is 0 Å². The first-order valence-electron chi connectivity index (χ1n) is 11.0. The molecule has 0 spiro atoms. The first-order chi connectivity index (χ1) is 15.8. The summed E-state index contributed by atoms with van der Waals surface area (Å²) in [6.45, 7) is 2.66. The van der Waals surface area contributed by atoms with Crippen LogP contribution < -0.4 is 10.1 Å². The lowest BCUT2D eigenvalue weighted by molar-refractivity contribution is -0.129. The van der Waals surface area contributed by atoms with Gasteiger partial charge in [-0.15, -0.1) is 0 Å². The molecule has 1 N–H and O–H groups in total. The third-order valence-corrected chi connectivity index (χ3v) is 7.45. The molecule has 0 aliphatic carbocycles. The molecule has 1 fully saturated rings. The molecule has 0 saturated carbocycles. The number of carbonyl (C=O) groups excluding carboxylic acids is 2. The van der Waals surface area contributed by atoms with Gasteiger partial charge in [0.25, 0.3) is 5.91 Å². The summed E-state index contributed by atoms with van der Waals surface area (Å²) < 4.78 is 38.3. The molecule has 0 bridgehead atoms. The number of nitrogens with zero attached hydrogens (tertiary/aromatic N) is 1. The first-order valence-corrected chi connectivity index (χ1v) is 12.5. The zero-order chi connectivity index (χ0) is 23.8. The van der Waals surface area contributed by atoms with Gasteiger partial charge in [-0.1, -0.05) is 43.2 Å². The Kier molecular flexibility index (Phi) is 8.46. The summed E-state index contributed by atoms with van der Waals surface area (Å²) in [5, 5.41) is 2.72. The molecule has 1 amide bonds. The molecule has 1 aliphatic heterocycles. The number of benzene rings is 2. The highest BCUT2D eigenvalue weighted by molar-refractivity contribution is 7.89. The Morgan fingerprint density at radius 1 is 1.03 bits per heavy atom. The smallest absolute Gasteiger partial charge is 0.342 e. The van der Waals surface area contributed by atoms with Crippen molar-refractivity contribution in [1.29, 1.82) is 0 Å². The number of ether oxygens (including phenoxy) is 2. The van der Waals surface area contributed by atoms with Gasteiger partial charge in [-0.2, -0.15) is 4.31 Å². The Balaban J connectivity index is 1.72. The summed E-state index contributed by atoms with van der Waals surface area (Å²) in [4.78, 5) is 25.2. The molecule has 0 radical (unpaired) electrons. The standard InChI is InChI=1S/C24H30N2O6S/c1-18(23(27)25-17-19-10-6-5-7-11-19)32-24(28)21-16-20(12-13-22(21)31-2)33(29,30)26-14-8-3-4-9-15-26/h5-7,10-13,16,18H,3-4,8-9,14-15,17H2,1-2H3,(H,25,27)/t18-/m0/s1. The van der Waals surface area contributed by atoms with Gasteiger partial charge in [0.2, 0.25) is 10.0 Å². The van der Waals surface area contributed by atoms with Gasteiger partial charge in [-0.3, -0.25) is 4.79 Å². The molecule has 9 heteroatoms. The van der Waals surface area contributed by atoms with Crippen molar-refractivity contribution in [1.82, 2.24) is 9.62 Å². The van der Waals surface area contributed by atoms with E-state index in [0.717, 1.165) is 31.2 Å². The molecule has 1 aliphatic rings. The van der Waals surface area contributed by atoms with Crippen LogP contribution in [0.25, 0.3) is 0 Å². The second-order valence-corrected chi connectivity index (χ2v) is 9.87. The lowest BCUT2D eigenvalue weighted by Crippen LogP contribution is -2.35. The van der Waals surface area contributed by atoms with Crippen LogP contribution in [0.2, 0.25) is 0 Å². The van der Waals surface area contributed by atoms with E-state index in [1.165, 1.54) is 36.5 Å². The highest BCUT2D eigenvalue weighted by Gasteiger charge is 2.28. The zero-order valence-electron chi connectivity index (χ0n) is 19.0. The highest BCUT2D eigenvalue weighted by atomic mass is 32.2. The Hall–Kier alpha value is -2.91. The van der Waals surface area contributed by atoms with Gasteiger partial charge in [-0.05, 0) is 43.5 Å². The third kappa shape index (κ3) is 6.33. The average molecular weight is 475 g/mol. The van der Waals surface area contributed by atoms with Gasteiger partial charge >= 0.3 is 5.97 Å². The van der Waals surface area contributed by atoms with Gasteiger partial charge in [0.15, 0.2) is 6.10 Å². The van der Waals surface area contributed by atoms with Crippen molar-refractivity contribution in [2.45, 2.75) is 50.2 Å². The van der Waals surface area contributed by atoms with Gasteiger partial charge < -0.3 is 14.8 Å². The van der Waals surface area contributed by atoms with E-state index in [1.54, 1.807) is 0 Å². The van der Waals surface area contributed by atoms with E-state index in [-0.39, 0.29) is 16.2 Å². The predicted octanol–water partition coefficient (Wildman–Crippen LogP) is 3.12. The number of nitrogens with one attached hydrogen (secondary N) is 1. The summed E-state index contributed by atoms with van der Waals surface area (Å²) in [6.07, 6.45) is 2.53. The number of esters is 1. The minimum Gasteiger partial charge on any atom is -0.496 e. The molecular formula is C24H30N2O6S. The highest BCUT2D eigenvalue weighted by Crippen LogP contribution is 2.27. The van der Waals surface area contributed by atoms with Crippen molar-refractivity contribution in [2.24, 2.45) is 0 Å². The van der Waals surface area contributed by atoms with Crippen molar-refractivity contribution < 1.29 is 27.5 Å². The van der Waals surface area contributed by atoms with Crippen molar-refractivity contribution in [2.75, 3.05) is 20.2 Å². The minimum absolute atomic E-state index is 0.00154. The summed E-state index contributed by atoms with van der Waals surface area (Å²) in [5.41, 5.74) is 0.869. The molecule has 3 rings (SSSR count). The fraction of sp³-hybridized carbons (Fsp3) is 0.417. The molecule has 0 unspecified atom stereocenters. The summed E-state index contributed by atoms with van der Waals surface area (Å²) >= 11 is 0. The average Bonchev–Trinajstić information content (AvgIpc) is 3.13. The van der Waals surface area contributed by atoms with Crippen LogP contribution in [0.4, 0.5) is 0 Å². The second kappa shape index (κ2) is 11.3. The van der Waals surface area contributed by atoms with Crippen LogP contribution in [-0.2, 0) is 26.1 Å². The second-order valence-electron chi connectivity index (χ2n) is 7.93. The maximum Gasteiger partial charge on any atom is 0.342 e. The van der Waals surface area contributed by atoms with Crippen LogP contribution in [0.5, 0.6) is 5.75 Å². The maximum atomic E-state index is 13.1. The Morgan fingerprint density at radius 3 is 2.33 bits per heavy atom. The topological polar surface area (TPSA) is 102 Å². The Morgan fingerprint density at radius 2 is 1.70 bits per heavy atom. The Bertz CT molecular complexity index is 1060. The number of carbonyl (C=O) groups is 2. The van der Waals surface area contributed by atoms with Gasteiger partial charge in [0, 0.05) is 19.6 Å². The molecule has 2 aromatic carbocycles. The van der Waals surface area contributed by atoms with Crippen molar-refractivity contribution >= 4 is 21.9 Å². The van der Waals surface area contributed by atoms with E-state index >= 15 is 0 Å². The molecule has 2 aromatic rings. The molecule has 1 atom stereocenters. The van der Waals surface area contributed by atoms with E-state index in [0.29, 0.717) is 19.6 Å². The number of methoxy groups -OCH3 is 1. The maximum absolute atomic E-state index is 13.1. The third-order valence-electron chi connectivity index (χ3n) is 5.56. The van der Waals surface area contributed by atoms with Crippen LogP contribution in [-0.4, -0.2) is 50.9 Å². The fourth-order valence-corrected chi connectivity index (χ4v) is 5.19. The zero-order valence-corrected chi connectivity index (χ0v) is 19.8. The van der Waals surface area contributed by atoms with E-state index in [2.05, 4.69) is 5.32 Å². The van der Waals surface area contributed by atoms with Crippen LogP contribution in [0.1, 0.15) is 48.5 Å².